The maximum absolute atomic E-state index is 12.6. The highest BCUT2D eigenvalue weighted by Crippen LogP contribution is 2.34. The Morgan fingerprint density at radius 3 is 2.70 bits per heavy atom. The number of hydrogen-bond acceptors (Lipinski definition) is 6. The van der Waals surface area contributed by atoms with E-state index in [1.54, 1.807) is 18.3 Å². The number of pyridine rings is 1. The molecule has 1 N–H and O–H groups in total. The molecule has 1 aromatic carbocycles. The van der Waals surface area contributed by atoms with Crippen molar-refractivity contribution in [3.05, 3.63) is 53.9 Å². The fraction of sp³-hybridized carbons (Fsp3) is 0.444. The van der Waals surface area contributed by atoms with Crippen LogP contribution in [-0.2, 0) is 16.1 Å². The standard InChI is InChI=1S/C27H30F3N3O4/c1-17(2)37-23-13-18(12-22(35)5-7-27(28,29)30)11-21(14-23)24-16-31-25-15-20(6-8-33(24)25)26(19-3-4-19)32-36-10-9-34/h6,8,11,13-17,19,34H,3-5,7,9-10,12H2,1-2H3/b32-26-. The number of aliphatic hydroxyl groups excluding tert-OH is 1. The molecule has 0 saturated heterocycles. The maximum atomic E-state index is 12.6. The van der Waals surface area contributed by atoms with Gasteiger partial charge in [-0.3, -0.25) is 9.20 Å². The molecule has 10 heteroatoms. The Hall–Kier alpha value is -3.40. The highest BCUT2D eigenvalue weighted by atomic mass is 19.4. The SMILES string of the molecule is CC(C)Oc1cc(CC(=O)CCC(F)(F)F)cc(-c2cnc3cc(/C(=N\OCCO)C4CC4)ccn23)c1. The fourth-order valence-electron chi connectivity index (χ4n) is 4.08. The van der Waals surface area contributed by atoms with E-state index in [4.69, 9.17) is 14.7 Å². The number of carbonyl (C=O) groups is 1. The number of ketones is 1. The summed E-state index contributed by atoms with van der Waals surface area (Å²) in [4.78, 5) is 22.0. The van der Waals surface area contributed by atoms with E-state index in [9.17, 15) is 18.0 Å². The Balaban J connectivity index is 1.64. The van der Waals surface area contributed by atoms with Gasteiger partial charge in [0.2, 0.25) is 0 Å². The maximum Gasteiger partial charge on any atom is 0.389 e. The summed E-state index contributed by atoms with van der Waals surface area (Å²) < 4.78 is 45.4. The molecule has 0 spiro atoms. The Bertz CT molecular complexity index is 1280. The van der Waals surface area contributed by atoms with Crippen molar-refractivity contribution in [2.24, 2.45) is 11.1 Å². The van der Waals surface area contributed by atoms with E-state index in [1.165, 1.54) is 0 Å². The molecule has 2 aromatic heterocycles. The molecular formula is C27H30F3N3O4. The molecular weight excluding hydrogens is 487 g/mol. The normalized spacial score (nSPS) is 14.4. The zero-order chi connectivity index (χ0) is 26.6. The number of Topliss-reactive ketones (excluding diaryl/α,β-unsaturated/α-hetero) is 1. The van der Waals surface area contributed by atoms with E-state index in [0.29, 0.717) is 22.9 Å². The predicted molar refractivity (Wildman–Crippen MR) is 133 cm³/mol. The van der Waals surface area contributed by atoms with Crippen LogP contribution in [0.1, 0.15) is 50.7 Å². The Labute approximate surface area is 212 Å². The van der Waals surface area contributed by atoms with Crippen LogP contribution in [0.5, 0.6) is 5.75 Å². The molecule has 0 atom stereocenters. The number of fused-ring (bicyclic) bond motifs is 1. The molecule has 1 aliphatic carbocycles. The second kappa shape index (κ2) is 11.3. The number of benzene rings is 1. The topological polar surface area (TPSA) is 85.4 Å². The number of aromatic nitrogens is 2. The van der Waals surface area contributed by atoms with Gasteiger partial charge in [0.15, 0.2) is 0 Å². The molecule has 1 saturated carbocycles. The summed E-state index contributed by atoms with van der Waals surface area (Å²) in [5.74, 6) is 0.364. The lowest BCUT2D eigenvalue weighted by Gasteiger charge is -2.14. The van der Waals surface area contributed by atoms with Crippen molar-refractivity contribution in [3.8, 4) is 17.0 Å². The van der Waals surface area contributed by atoms with Gasteiger partial charge in [0.25, 0.3) is 0 Å². The first-order chi connectivity index (χ1) is 17.6. The molecule has 0 radical (unpaired) electrons. The quantitative estimate of drug-likeness (QED) is 0.199. The van der Waals surface area contributed by atoms with Gasteiger partial charge < -0.3 is 14.7 Å². The summed E-state index contributed by atoms with van der Waals surface area (Å²) in [5, 5.41) is 13.2. The van der Waals surface area contributed by atoms with Gasteiger partial charge in [-0.1, -0.05) is 5.16 Å². The van der Waals surface area contributed by atoms with E-state index in [2.05, 4.69) is 10.1 Å². The number of alkyl halides is 3. The van der Waals surface area contributed by atoms with E-state index in [0.717, 1.165) is 35.4 Å². The molecule has 2 heterocycles. The summed E-state index contributed by atoms with van der Waals surface area (Å²) in [7, 11) is 0. The number of carbonyl (C=O) groups excluding carboxylic acids is 1. The van der Waals surface area contributed by atoms with Crippen molar-refractivity contribution in [1.82, 2.24) is 9.38 Å². The third-order valence-electron chi connectivity index (χ3n) is 5.84. The number of aliphatic hydroxyl groups is 1. The number of imidazole rings is 1. The summed E-state index contributed by atoms with van der Waals surface area (Å²) >= 11 is 0. The monoisotopic (exact) mass is 517 g/mol. The number of oxime groups is 1. The number of rotatable bonds is 12. The van der Waals surface area contributed by atoms with Crippen LogP contribution in [0, 0.1) is 5.92 Å². The molecule has 0 aliphatic heterocycles. The van der Waals surface area contributed by atoms with Gasteiger partial charge in [-0.15, -0.1) is 0 Å². The molecule has 1 fully saturated rings. The number of halogens is 3. The van der Waals surface area contributed by atoms with E-state index in [-0.39, 0.29) is 25.7 Å². The molecule has 4 rings (SSSR count). The van der Waals surface area contributed by atoms with Crippen LogP contribution < -0.4 is 4.74 Å². The van der Waals surface area contributed by atoms with E-state index in [1.807, 2.05) is 42.6 Å². The molecule has 0 amide bonds. The van der Waals surface area contributed by atoms with Crippen LogP contribution >= 0.6 is 0 Å². The van der Waals surface area contributed by atoms with Crippen molar-refractivity contribution >= 4 is 17.1 Å². The second-order valence-electron chi connectivity index (χ2n) is 9.46. The first kappa shape index (κ1) is 26.7. The van der Waals surface area contributed by atoms with Crippen LogP contribution in [0.3, 0.4) is 0 Å². The van der Waals surface area contributed by atoms with Crippen molar-refractivity contribution in [1.29, 1.82) is 0 Å². The van der Waals surface area contributed by atoms with Crippen LogP contribution in [0.15, 0.2) is 47.9 Å². The van der Waals surface area contributed by atoms with Crippen LogP contribution in [0.4, 0.5) is 13.2 Å². The Morgan fingerprint density at radius 1 is 1.24 bits per heavy atom. The average Bonchev–Trinajstić information content (AvgIpc) is 3.57. The smallest absolute Gasteiger partial charge is 0.389 e. The van der Waals surface area contributed by atoms with Crippen molar-refractivity contribution in [3.63, 3.8) is 0 Å². The van der Waals surface area contributed by atoms with E-state index < -0.39 is 24.8 Å². The zero-order valence-electron chi connectivity index (χ0n) is 20.8. The molecule has 0 bridgehead atoms. The van der Waals surface area contributed by atoms with Gasteiger partial charge in [0.1, 0.15) is 23.8 Å². The number of nitrogens with zero attached hydrogens (tertiary/aromatic N) is 3. The molecule has 198 valence electrons. The first-order valence-corrected chi connectivity index (χ1v) is 12.3. The highest BCUT2D eigenvalue weighted by Gasteiger charge is 2.30. The van der Waals surface area contributed by atoms with Gasteiger partial charge in [0.05, 0.1) is 36.7 Å². The van der Waals surface area contributed by atoms with Gasteiger partial charge in [-0.25, -0.2) is 4.98 Å². The Morgan fingerprint density at radius 2 is 2.03 bits per heavy atom. The third kappa shape index (κ3) is 7.31. The summed E-state index contributed by atoms with van der Waals surface area (Å²) in [6.45, 7) is 3.77. The minimum absolute atomic E-state index is 0.112. The van der Waals surface area contributed by atoms with Crippen molar-refractivity contribution in [2.45, 2.75) is 58.2 Å². The lowest BCUT2D eigenvalue weighted by atomic mass is 10.0. The largest absolute Gasteiger partial charge is 0.491 e. The molecule has 37 heavy (non-hydrogen) atoms. The summed E-state index contributed by atoms with van der Waals surface area (Å²) in [6.07, 6.45) is -0.657. The summed E-state index contributed by atoms with van der Waals surface area (Å²) in [5.41, 5.74) is 4.46. The van der Waals surface area contributed by atoms with E-state index >= 15 is 0 Å². The van der Waals surface area contributed by atoms with Crippen LogP contribution in [0.2, 0.25) is 0 Å². The van der Waals surface area contributed by atoms with Gasteiger partial charge in [-0.05, 0) is 62.6 Å². The molecule has 7 nitrogen and oxygen atoms in total. The lowest BCUT2D eigenvalue weighted by molar-refractivity contribution is -0.143. The minimum atomic E-state index is -4.37. The number of hydrogen-bond donors (Lipinski definition) is 1. The highest BCUT2D eigenvalue weighted by molar-refractivity contribution is 6.04. The average molecular weight is 518 g/mol. The molecule has 3 aromatic rings. The molecule has 1 aliphatic rings. The van der Waals surface area contributed by atoms with Gasteiger partial charge in [-0.2, -0.15) is 13.2 Å². The van der Waals surface area contributed by atoms with Crippen molar-refractivity contribution in [2.75, 3.05) is 13.2 Å². The fourth-order valence-corrected chi connectivity index (χ4v) is 4.08. The van der Waals surface area contributed by atoms with Crippen LogP contribution in [-0.4, -0.2) is 51.5 Å². The predicted octanol–water partition coefficient (Wildman–Crippen LogP) is 5.37. The zero-order valence-corrected chi connectivity index (χ0v) is 20.8. The second-order valence-corrected chi connectivity index (χ2v) is 9.46. The lowest BCUT2D eigenvalue weighted by Crippen LogP contribution is -2.12. The van der Waals surface area contributed by atoms with Gasteiger partial charge in [0, 0.05) is 36.1 Å². The Kier molecular flexibility index (Phi) is 8.16. The first-order valence-electron chi connectivity index (χ1n) is 12.3. The number of ether oxygens (including phenoxy) is 1. The molecule has 0 unspecified atom stereocenters. The third-order valence-corrected chi connectivity index (χ3v) is 5.84. The van der Waals surface area contributed by atoms with Crippen molar-refractivity contribution < 1.29 is 32.6 Å². The van der Waals surface area contributed by atoms with Gasteiger partial charge >= 0.3 is 6.18 Å². The van der Waals surface area contributed by atoms with Crippen LogP contribution in [0.25, 0.3) is 16.9 Å². The summed E-state index contributed by atoms with van der Waals surface area (Å²) in [6, 6.07) is 9.16. The minimum Gasteiger partial charge on any atom is -0.491 e.